The molecule has 1 aliphatic carbocycles. The van der Waals surface area contributed by atoms with Crippen molar-refractivity contribution in [2.24, 2.45) is 23.5 Å². The Hall–Kier alpha value is -0.610. The third kappa shape index (κ3) is 4.64. The summed E-state index contributed by atoms with van der Waals surface area (Å²) in [6.45, 7) is 4.09. The molecule has 3 unspecified atom stereocenters. The Balaban J connectivity index is 2.34. The summed E-state index contributed by atoms with van der Waals surface area (Å²) in [6, 6.07) is 0. The Morgan fingerprint density at radius 3 is 2.82 bits per heavy atom. The van der Waals surface area contributed by atoms with Crippen molar-refractivity contribution in [1.82, 2.24) is 5.32 Å². The van der Waals surface area contributed by atoms with Crippen LogP contribution in [0.15, 0.2) is 0 Å². The molecule has 0 spiro atoms. The maximum absolute atomic E-state index is 12.1. The van der Waals surface area contributed by atoms with Crippen LogP contribution in [0.3, 0.4) is 0 Å². The van der Waals surface area contributed by atoms with Gasteiger partial charge in [-0.2, -0.15) is 0 Å². The van der Waals surface area contributed by atoms with E-state index in [2.05, 4.69) is 12.2 Å². The van der Waals surface area contributed by atoms with Crippen molar-refractivity contribution in [3.63, 3.8) is 0 Å². The molecule has 0 bridgehead atoms. The monoisotopic (exact) mass is 242 g/mol. The van der Waals surface area contributed by atoms with Gasteiger partial charge in [-0.25, -0.2) is 0 Å². The fraction of sp³-hybridized carbons (Fsp3) is 0.923. The van der Waals surface area contributed by atoms with E-state index < -0.39 is 0 Å². The molecule has 3 atom stereocenters. The lowest BCUT2D eigenvalue weighted by molar-refractivity contribution is -0.127. The molecule has 1 saturated carbocycles. The van der Waals surface area contributed by atoms with Crippen LogP contribution in [0.5, 0.6) is 0 Å². The molecule has 4 heteroatoms. The summed E-state index contributed by atoms with van der Waals surface area (Å²) in [5.41, 5.74) is 5.74. The largest absolute Gasteiger partial charge is 0.384 e. The van der Waals surface area contributed by atoms with Gasteiger partial charge in [-0.15, -0.1) is 0 Å². The molecule has 0 radical (unpaired) electrons. The lowest BCUT2D eigenvalue weighted by Crippen LogP contribution is -2.41. The van der Waals surface area contributed by atoms with Crippen LogP contribution < -0.4 is 11.1 Å². The van der Waals surface area contributed by atoms with E-state index in [-0.39, 0.29) is 11.8 Å². The fourth-order valence-electron chi connectivity index (χ4n) is 2.58. The lowest BCUT2D eigenvalue weighted by atomic mass is 9.78. The minimum atomic E-state index is 0.128. The Bertz CT molecular complexity index is 233. The maximum Gasteiger partial charge on any atom is 0.223 e. The zero-order valence-corrected chi connectivity index (χ0v) is 11.1. The molecule has 1 aliphatic rings. The predicted molar refractivity (Wildman–Crippen MR) is 68.6 cm³/mol. The first-order valence-corrected chi connectivity index (χ1v) is 6.65. The minimum Gasteiger partial charge on any atom is -0.384 e. The molecule has 4 nitrogen and oxygen atoms in total. The molecule has 1 fully saturated rings. The first kappa shape index (κ1) is 14.5. The van der Waals surface area contributed by atoms with Gasteiger partial charge in [0.15, 0.2) is 0 Å². The Morgan fingerprint density at radius 2 is 2.18 bits per heavy atom. The molecule has 0 aliphatic heterocycles. The predicted octanol–water partition coefficient (Wildman–Crippen LogP) is 1.15. The van der Waals surface area contributed by atoms with Crippen molar-refractivity contribution in [2.45, 2.75) is 32.6 Å². The first-order chi connectivity index (χ1) is 8.19. The number of nitrogens with two attached hydrogens (primary N) is 1. The molecule has 100 valence electrons. The highest BCUT2D eigenvalue weighted by Crippen LogP contribution is 2.29. The molecule has 1 rings (SSSR count). The van der Waals surface area contributed by atoms with E-state index in [9.17, 15) is 4.79 Å². The molecule has 0 aromatic heterocycles. The molecule has 1 amide bonds. The summed E-state index contributed by atoms with van der Waals surface area (Å²) in [4.78, 5) is 12.1. The number of methoxy groups -OCH3 is 1. The molecule has 0 aromatic carbocycles. The van der Waals surface area contributed by atoms with Crippen LogP contribution in [0.4, 0.5) is 0 Å². The van der Waals surface area contributed by atoms with Crippen LogP contribution in [0.25, 0.3) is 0 Å². The van der Waals surface area contributed by atoms with Gasteiger partial charge in [0.2, 0.25) is 5.91 Å². The summed E-state index contributed by atoms with van der Waals surface area (Å²) in [6.07, 6.45) is 4.46. The highest BCUT2D eigenvalue weighted by atomic mass is 16.5. The highest BCUT2D eigenvalue weighted by Gasteiger charge is 2.29. The molecule has 0 saturated heterocycles. The molecule has 3 N–H and O–H groups in total. The van der Waals surface area contributed by atoms with Crippen LogP contribution in [0, 0.1) is 17.8 Å². The average molecular weight is 242 g/mol. The molecule has 0 aromatic rings. The number of nitrogens with one attached hydrogen (secondary N) is 1. The summed E-state index contributed by atoms with van der Waals surface area (Å²) < 4.78 is 5.05. The number of amides is 1. The number of hydrogen-bond donors (Lipinski definition) is 2. The standard InChI is InChI=1S/C13H26N2O2/c1-10(9-17-2)8-15-13(16)12-6-4-3-5-11(12)7-14/h10-12H,3-9,14H2,1-2H3,(H,15,16). The van der Waals surface area contributed by atoms with E-state index in [1.54, 1.807) is 7.11 Å². The van der Waals surface area contributed by atoms with E-state index in [4.69, 9.17) is 10.5 Å². The second kappa shape index (κ2) is 7.67. The van der Waals surface area contributed by atoms with Gasteiger partial charge in [-0.1, -0.05) is 19.8 Å². The third-order valence-electron chi connectivity index (χ3n) is 3.62. The molecular formula is C13H26N2O2. The van der Waals surface area contributed by atoms with Gasteiger partial charge in [-0.3, -0.25) is 4.79 Å². The van der Waals surface area contributed by atoms with Crippen molar-refractivity contribution < 1.29 is 9.53 Å². The van der Waals surface area contributed by atoms with Crippen LogP contribution in [0.2, 0.25) is 0 Å². The number of carbonyl (C=O) groups is 1. The average Bonchev–Trinajstić information content (AvgIpc) is 2.36. The smallest absolute Gasteiger partial charge is 0.223 e. The van der Waals surface area contributed by atoms with Crippen LogP contribution in [0.1, 0.15) is 32.6 Å². The van der Waals surface area contributed by atoms with E-state index in [0.717, 1.165) is 19.3 Å². The maximum atomic E-state index is 12.1. The summed E-state index contributed by atoms with van der Waals surface area (Å²) in [5.74, 6) is 1.05. The quantitative estimate of drug-likeness (QED) is 0.734. The Kier molecular flexibility index (Phi) is 6.52. The van der Waals surface area contributed by atoms with E-state index in [1.165, 1.54) is 6.42 Å². The van der Waals surface area contributed by atoms with E-state index in [1.807, 2.05) is 0 Å². The zero-order valence-electron chi connectivity index (χ0n) is 11.1. The summed E-state index contributed by atoms with van der Waals surface area (Å²) in [5, 5.41) is 3.03. The molecular weight excluding hydrogens is 216 g/mol. The van der Waals surface area contributed by atoms with Gasteiger partial charge >= 0.3 is 0 Å². The number of ether oxygens (including phenoxy) is 1. The van der Waals surface area contributed by atoms with Gasteiger partial charge in [0.25, 0.3) is 0 Å². The van der Waals surface area contributed by atoms with Crippen molar-refractivity contribution in [3.8, 4) is 0 Å². The Morgan fingerprint density at radius 1 is 1.47 bits per heavy atom. The van der Waals surface area contributed by atoms with Crippen molar-refractivity contribution in [3.05, 3.63) is 0 Å². The second-order valence-electron chi connectivity index (χ2n) is 5.19. The highest BCUT2D eigenvalue weighted by molar-refractivity contribution is 5.79. The Labute approximate surface area is 104 Å². The van der Waals surface area contributed by atoms with Gasteiger partial charge in [0.05, 0.1) is 6.61 Å². The SMILES string of the molecule is COCC(C)CNC(=O)C1CCCCC1CN. The molecule has 17 heavy (non-hydrogen) atoms. The van der Waals surface area contributed by atoms with Gasteiger partial charge in [-0.05, 0) is 31.2 Å². The number of hydrogen-bond acceptors (Lipinski definition) is 3. The topological polar surface area (TPSA) is 64.3 Å². The van der Waals surface area contributed by atoms with Crippen molar-refractivity contribution >= 4 is 5.91 Å². The van der Waals surface area contributed by atoms with E-state index >= 15 is 0 Å². The van der Waals surface area contributed by atoms with Crippen molar-refractivity contribution in [2.75, 3.05) is 26.8 Å². The molecule has 0 heterocycles. The van der Waals surface area contributed by atoms with Crippen molar-refractivity contribution in [1.29, 1.82) is 0 Å². The summed E-state index contributed by atoms with van der Waals surface area (Å²) in [7, 11) is 1.68. The van der Waals surface area contributed by atoms with Crippen LogP contribution in [-0.2, 0) is 9.53 Å². The number of carbonyl (C=O) groups excluding carboxylic acids is 1. The number of rotatable bonds is 6. The normalized spacial score (nSPS) is 26.5. The first-order valence-electron chi connectivity index (χ1n) is 6.65. The van der Waals surface area contributed by atoms with Gasteiger partial charge in [0, 0.05) is 19.6 Å². The van der Waals surface area contributed by atoms with E-state index in [0.29, 0.717) is 31.5 Å². The van der Waals surface area contributed by atoms with Gasteiger partial charge < -0.3 is 15.8 Å². The third-order valence-corrected chi connectivity index (χ3v) is 3.62. The fourth-order valence-corrected chi connectivity index (χ4v) is 2.58. The van der Waals surface area contributed by atoms with Crippen LogP contribution in [-0.4, -0.2) is 32.7 Å². The second-order valence-corrected chi connectivity index (χ2v) is 5.19. The zero-order chi connectivity index (χ0) is 12.7. The van der Waals surface area contributed by atoms with Crippen LogP contribution >= 0.6 is 0 Å². The lowest BCUT2D eigenvalue weighted by Gasteiger charge is -2.29. The minimum absolute atomic E-state index is 0.128. The van der Waals surface area contributed by atoms with Gasteiger partial charge in [0.1, 0.15) is 0 Å². The summed E-state index contributed by atoms with van der Waals surface area (Å²) >= 11 is 0.